The molecule has 0 aliphatic carbocycles. The molecule has 3 heteroatoms. The van der Waals surface area contributed by atoms with Crippen molar-refractivity contribution in [1.29, 1.82) is 0 Å². The molecule has 0 bridgehead atoms. The molecular weight excluding hydrogens is 390 g/mol. The lowest BCUT2D eigenvalue weighted by Crippen LogP contribution is -2.28. The first-order valence-corrected chi connectivity index (χ1v) is 17.0. The minimum absolute atomic E-state index is 0. The molecule has 3 N–H and O–H groups in total. The van der Waals surface area contributed by atoms with Crippen LogP contribution in [0.4, 0.5) is 0 Å². The minimum atomic E-state index is -0.913. The number of rotatable bonds is 20. The first-order chi connectivity index (χ1) is 13.2. The van der Waals surface area contributed by atoms with E-state index in [1.807, 2.05) is 0 Å². The molecule has 1 nitrogen and oxygen atoms in total. The molecule has 0 aliphatic rings. The van der Waals surface area contributed by atoms with Crippen molar-refractivity contribution in [1.82, 2.24) is 6.15 Å². The average molecular weight is 448 g/mol. The van der Waals surface area contributed by atoms with Gasteiger partial charge in [0.15, 0.2) is 0 Å². The van der Waals surface area contributed by atoms with Gasteiger partial charge in [0.2, 0.25) is 0 Å². The third-order valence-electron chi connectivity index (χ3n) is 6.61. The first kappa shape index (κ1) is 31.7. The minimum Gasteiger partial charge on any atom is -0.344 e. The molecule has 0 spiro atoms. The van der Waals surface area contributed by atoms with Gasteiger partial charge in [0.1, 0.15) is 0 Å². The van der Waals surface area contributed by atoms with Gasteiger partial charge in [-0.1, -0.05) is 136 Å². The summed E-state index contributed by atoms with van der Waals surface area (Å²) >= 11 is 6.89. The van der Waals surface area contributed by atoms with E-state index in [0.29, 0.717) is 5.92 Å². The van der Waals surface area contributed by atoms with Gasteiger partial charge in [-0.3, -0.25) is 0 Å². The second-order valence-electron chi connectivity index (χ2n) is 11.0. The van der Waals surface area contributed by atoms with Crippen molar-refractivity contribution >= 4 is 19.7 Å². The molecule has 0 amide bonds. The van der Waals surface area contributed by atoms with Crippen molar-refractivity contribution < 1.29 is 0 Å². The third kappa shape index (κ3) is 21.5. The number of halogens is 1. The fraction of sp³-hybridized carbons (Fsp3) is 1.00. The SMILES string of the molecule is CCCCCCCCCCCCCCCCC(C)C(C)(Cl)CCC[Si](C)(C)C.N. The lowest BCUT2D eigenvalue weighted by Gasteiger charge is -2.30. The van der Waals surface area contributed by atoms with Gasteiger partial charge < -0.3 is 6.15 Å². The Balaban J connectivity index is 0. The van der Waals surface area contributed by atoms with Crippen molar-refractivity contribution in [2.24, 2.45) is 5.92 Å². The molecule has 0 aliphatic heterocycles. The molecular formula is C26H58ClNSi. The van der Waals surface area contributed by atoms with Crippen LogP contribution in [0.5, 0.6) is 0 Å². The standard InChI is InChI=1S/C26H55ClSi.H3N/c1-7-8-9-10-11-12-13-14-15-16-17-18-19-20-22-25(2)26(3,27)23-21-24-28(4,5)6;/h25H,7-24H2,1-6H3;1H3. The van der Waals surface area contributed by atoms with Crippen LogP contribution in [-0.2, 0) is 0 Å². The third-order valence-corrected chi connectivity index (χ3v) is 9.03. The van der Waals surface area contributed by atoms with Gasteiger partial charge >= 0.3 is 0 Å². The van der Waals surface area contributed by atoms with Crippen molar-refractivity contribution in [3.8, 4) is 0 Å². The summed E-state index contributed by atoms with van der Waals surface area (Å²) in [4.78, 5) is 0.0101. The van der Waals surface area contributed by atoms with E-state index in [-0.39, 0.29) is 11.0 Å². The molecule has 0 radical (unpaired) electrons. The van der Waals surface area contributed by atoms with Gasteiger partial charge in [-0.2, -0.15) is 0 Å². The topological polar surface area (TPSA) is 35.0 Å². The van der Waals surface area contributed by atoms with Gasteiger partial charge in [0.25, 0.3) is 0 Å². The Hall–Kier alpha value is 0.467. The van der Waals surface area contributed by atoms with Crippen LogP contribution in [0, 0.1) is 5.92 Å². The Morgan fingerprint density at radius 3 is 1.45 bits per heavy atom. The fourth-order valence-corrected chi connectivity index (χ4v) is 5.64. The Kier molecular flexibility index (Phi) is 20.9. The summed E-state index contributed by atoms with van der Waals surface area (Å²) in [6.07, 6.45) is 24.0. The van der Waals surface area contributed by atoms with E-state index < -0.39 is 8.07 Å². The average Bonchev–Trinajstić information content (AvgIpc) is 2.60. The van der Waals surface area contributed by atoms with E-state index in [1.54, 1.807) is 0 Å². The summed E-state index contributed by atoms with van der Waals surface area (Å²) in [6.45, 7) is 14.4. The van der Waals surface area contributed by atoms with Crippen LogP contribution < -0.4 is 6.15 Å². The maximum atomic E-state index is 6.89. The summed E-state index contributed by atoms with van der Waals surface area (Å²) in [5.74, 6) is 0.646. The normalized spacial score (nSPS) is 15.0. The summed E-state index contributed by atoms with van der Waals surface area (Å²) in [5, 5.41) is 0. The van der Waals surface area contributed by atoms with Crippen molar-refractivity contribution in [2.45, 2.75) is 160 Å². The fourth-order valence-electron chi connectivity index (χ4n) is 4.16. The predicted molar refractivity (Wildman–Crippen MR) is 141 cm³/mol. The van der Waals surface area contributed by atoms with Crippen LogP contribution >= 0.6 is 11.6 Å². The summed E-state index contributed by atoms with van der Waals surface area (Å²) in [7, 11) is -0.913. The highest BCUT2D eigenvalue weighted by Crippen LogP contribution is 2.35. The van der Waals surface area contributed by atoms with Gasteiger partial charge in [0.05, 0.1) is 0 Å². The molecule has 0 aromatic heterocycles. The second kappa shape index (κ2) is 19.2. The highest BCUT2D eigenvalue weighted by atomic mass is 35.5. The molecule has 0 saturated heterocycles. The summed E-state index contributed by atoms with van der Waals surface area (Å²) in [5.41, 5.74) is 0. The van der Waals surface area contributed by atoms with Crippen LogP contribution in [0.2, 0.25) is 25.7 Å². The van der Waals surface area contributed by atoms with Crippen molar-refractivity contribution in [3.63, 3.8) is 0 Å². The van der Waals surface area contributed by atoms with Crippen molar-refractivity contribution in [3.05, 3.63) is 0 Å². The summed E-state index contributed by atoms with van der Waals surface area (Å²) < 4.78 is 0. The van der Waals surface area contributed by atoms with E-state index in [0.717, 1.165) is 0 Å². The highest BCUT2D eigenvalue weighted by molar-refractivity contribution is 6.76. The Labute approximate surface area is 192 Å². The molecule has 0 fully saturated rings. The quantitative estimate of drug-likeness (QED) is 0.112. The predicted octanol–water partition coefficient (Wildman–Crippen LogP) is 10.8. The molecule has 178 valence electrons. The van der Waals surface area contributed by atoms with Crippen LogP contribution in [0.25, 0.3) is 0 Å². The Morgan fingerprint density at radius 1 is 0.690 bits per heavy atom. The molecule has 0 aromatic carbocycles. The monoisotopic (exact) mass is 447 g/mol. The smallest absolute Gasteiger partial charge is 0.0444 e. The van der Waals surface area contributed by atoms with E-state index in [1.165, 1.54) is 115 Å². The van der Waals surface area contributed by atoms with Crippen LogP contribution in [0.15, 0.2) is 0 Å². The highest BCUT2D eigenvalue weighted by Gasteiger charge is 2.28. The first-order valence-electron chi connectivity index (χ1n) is 12.9. The van der Waals surface area contributed by atoms with E-state index in [2.05, 4.69) is 40.4 Å². The van der Waals surface area contributed by atoms with E-state index in [9.17, 15) is 0 Å². The zero-order valence-electron chi connectivity index (χ0n) is 21.4. The summed E-state index contributed by atoms with van der Waals surface area (Å²) in [6, 6.07) is 1.42. The number of hydrogen-bond acceptors (Lipinski definition) is 1. The molecule has 2 atom stereocenters. The number of alkyl halides is 1. The van der Waals surface area contributed by atoms with Gasteiger partial charge in [-0.25, -0.2) is 0 Å². The van der Waals surface area contributed by atoms with Gasteiger partial charge in [-0.15, -0.1) is 11.6 Å². The molecule has 0 saturated carbocycles. The zero-order chi connectivity index (χ0) is 21.3. The zero-order valence-corrected chi connectivity index (χ0v) is 23.1. The Morgan fingerprint density at radius 2 is 1.07 bits per heavy atom. The maximum Gasteiger partial charge on any atom is 0.0444 e. The van der Waals surface area contributed by atoms with Crippen LogP contribution in [0.3, 0.4) is 0 Å². The Bertz CT molecular complexity index is 338. The molecule has 2 unspecified atom stereocenters. The van der Waals surface area contributed by atoms with Gasteiger partial charge in [-0.05, 0) is 25.7 Å². The van der Waals surface area contributed by atoms with Gasteiger partial charge in [0, 0.05) is 12.9 Å². The lowest BCUT2D eigenvalue weighted by atomic mass is 9.86. The number of unbranched alkanes of at least 4 members (excludes halogenated alkanes) is 13. The maximum absolute atomic E-state index is 6.89. The van der Waals surface area contributed by atoms with Crippen molar-refractivity contribution in [2.75, 3.05) is 0 Å². The molecule has 0 rings (SSSR count). The van der Waals surface area contributed by atoms with E-state index >= 15 is 0 Å². The van der Waals surface area contributed by atoms with E-state index in [4.69, 9.17) is 11.6 Å². The largest absolute Gasteiger partial charge is 0.344 e. The molecule has 0 aromatic rings. The van der Waals surface area contributed by atoms with Crippen LogP contribution in [-0.4, -0.2) is 12.9 Å². The lowest BCUT2D eigenvalue weighted by molar-refractivity contribution is 0.358. The number of hydrogen-bond donors (Lipinski definition) is 1. The molecule has 0 heterocycles. The second-order valence-corrected chi connectivity index (χ2v) is 17.5. The van der Waals surface area contributed by atoms with Crippen LogP contribution in [0.1, 0.15) is 130 Å². The molecule has 29 heavy (non-hydrogen) atoms.